The minimum Gasteiger partial charge on any atom is -0.372 e. The zero-order valence-corrected chi connectivity index (χ0v) is 13.6. The molecule has 2 aromatic rings. The van der Waals surface area contributed by atoms with E-state index in [4.69, 9.17) is 0 Å². The van der Waals surface area contributed by atoms with Crippen LogP contribution in [0, 0.1) is 0 Å². The van der Waals surface area contributed by atoms with E-state index in [2.05, 4.69) is 38.5 Å². The van der Waals surface area contributed by atoms with Gasteiger partial charge in [-0.05, 0) is 34.0 Å². The lowest BCUT2D eigenvalue weighted by atomic mass is 10.0. The van der Waals surface area contributed by atoms with E-state index >= 15 is 0 Å². The SMILES string of the molecule is CCC(NC(=O)c1cc(Br)cnc1NC)c1ccccc1. The normalized spacial score (nSPS) is 11.8. The summed E-state index contributed by atoms with van der Waals surface area (Å²) in [5.41, 5.74) is 1.63. The van der Waals surface area contributed by atoms with Gasteiger partial charge in [0.2, 0.25) is 0 Å². The summed E-state index contributed by atoms with van der Waals surface area (Å²) >= 11 is 3.35. The third kappa shape index (κ3) is 3.82. The van der Waals surface area contributed by atoms with Crippen molar-refractivity contribution in [1.82, 2.24) is 10.3 Å². The Balaban J connectivity index is 2.22. The van der Waals surface area contributed by atoms with Gasteiger partial charge in [0.25, 0.3) is 5.91 Å². The molecule has 0 saturated heterocycles. The Bertz CT molecular complexity index is 616. The molecular formula is C16H18BrN3O. The number of carbonyl (C=O) groups is 1. The Labute approximate surface area is 133 Å². The number of rotatable bonds is 5. The van der Waals surface area contributed by atoms with Crippen LogP contribution in [0.4, 0.5) is 5.82 Å². The third-order valence-electron chi connectivity index (χ3n) is 3.25. The fourth-order valence-electron chi connectivity index (χ4n) is 2.15. The summed E-state index contributed by atoms with van der Waals surface area (Å²) in [6, 6.07) is 11.7. The predicted molar refractivity (Wildman–Crippen MR) is 88.4 cm³/mol. The van der Waals surface area contributed by atoms with E-state index in [1.54, 1.807) is 19.3 Å². The van der Waals surface area contributed by atoms with Crippen molar-refractivity contribution in [2.24, 2.45) is 0 Å². The van der Waals surface area contributed by atoms with Gasteiger partial charge in [0, 0.05) is 17.7 Å². The number of halogens is 1. The van der Waals surface area contributed by atoms with Crippen LogP contribution in [0.2, 0.25) is 0 Å². The van der Waals surface area contributed by atoms with Crippen LogP contribution < -0.4 is 10.6 Å². The number of anilines is 1. The molecule has 1 unspecified atom stereocenters. The molecule has 0 spiro atoms. The minimum atomic E-state index is -0.135. The van der Waals surface area contributed by atoms with E-state index in [9.17, 15) is 4.79 Å². The average molecular weight is 348 g/mol. The summed E-state index contributed by atoms with van der Waals surface area (Å²) in [4.78, 5) is 16.7. The summed E-state index contributed by atoms with van der Waals surface area (Å²) in [6.07, 6.45) is 2.49. The highest BCUT2D eigenvalue weighted by atomic mass is 79.9. The summed E-state index contributed by atoms with van der Waals surface area (Å²) in [5, 5.41) is 6.00. The monoisotopic (exact) mass is 347 g/mol. The molecule has 0 fully saturated rings. The number of hydrogen-bond acceptors (Lipinski definition) is 3. The van der Waals surface area contributed by atoms with E-state index < -0.39 is 0 Å². The molecule has 5 heteroatoms. The lowest BCUT2D eigenvalue weighted by molar-refractivity contribution is 0.0936. The standard InChI is InChI=1S/C16H18BrN3O/c1-3-14(11-7-5-4-6-8-11)20-16(21)13-9-12(17)10-19-15(13)18-2/h4-10,14H,3H2,1-2H3,(H,18,19)(H,20,21). The first kappa shape index (κ1) is 15.5. The van der Waals surface area contributed by atoms with E-state index in [0.717, 1.165) is 16.5 Å². The molecule has 0 bridgehead atoms. The molecule has 0 aliphatic heterocycles. The molecule has 0 aliphatic rings. The van der Waals surface area contributed by atoms with Gasteiger partial charge in [0.05, 0.1) is 11.6 Å². The summed E-state index contributed by atoms with van der Waals surface area (Å²) in [7, 11) is 1.75. The summed E-state index contributed by atoms with van der Waals surface area (Å²) < 4.78 is 0.777. The van der Waals surface area contributed by atoms with Gasteiger partial charge < -0.3 is 10.6 Å². The van der Waals surface area contributed by atoms with Crippen LogP contribution in [0.25, 0.3) is 0 Å². The molecule has 2 rings (SSSR count). The van der Waals surface area contributed by atoms with Crippen molar-refractivity contribution in [3.63, 3.8) is 0 Å². The molecule has 1 aromatic heterocycles. The fourth-order valence-corrected chi connectivity index (χ4v) is 2.49. The van der Waals surface area contributed by atoms with Gasteiger partial charge in [-0.2, -0.15) is 0 Å². The zero-order chi connectivity index (χ0) is 15.2. The smallest absolute Gasteiger partial charge is 0.255 e. The van der Waals surface area contributed by atoms with Gasteiger partial charge in [-0.3, -0.25) is 4.79 Å². The molecule has 21 heavy (non-hydrogen) atoms. The first-order valence-corrected chi connectivity index (χ1v) is 7.64. The van der Waals surface area contributed by atoms with Gasteiger partial charge in [-0.15, -0.1) is 0 Å². The molecule has 0 radical (unpaired) electrons. The highest BCUT2D eigenvalue weighted by Crippen LogP contribution is 2.21. The first-order valence-electron chi connectivity index (χ1n) is 6.84. The zero-order valence-electron chi connectivity index (χ0n) is 12.1. The first-order chi connectivity index (χ1) is 10.2. The number of hydrogen-bond donors (Lipinski definition) is 2. The Morgan fingerprint density at radius 1 is 1.33 bits per heavy atom. The number of carbonyl (C=O) groups excluding carboxylic acids is 1. The summed E-state index contributed by atoms with van der Waals surface area (Å²) in [6.45, 7) is 2.05. The summed E-state index contributed by atoms with van der Waals surface area (Å²) in [5.74, 6) is 0.433. The van der Waals surface area contributed by atoms with E-state index in [1.165, 1.54) is 0 Å². The maximum Gasteiger partial charge on any atom is 0.255 e. The molecular weight excluding hydrogens is 330 g/mol. The predicted octanol–water partition coefficient (Wildman–Crippen LogP) is 3.77. The number of nitrogens with one attached hydrogen (secondary N) is 2. The maximum atomic E-state index is 12.5. The molecule has 4 nitrogen and oxygen atoms in total. The van der Waals surface area contributed by atoms with E-state index in [0.29, 0.717) is 11.4 Å². The third-order valence-corrected chi connectivity index (χ3v) is 3.68. The second-order valence-electron chi connectivity index (χ2n) is 4.64. The molecule has 2 N–H and O–H groups in total. The second-order valence-corrected chi connectivity index (χ2v) is 5.56. The van der Waals surface area contributed by atoms with Crippen molar-refractivity contribution in [3.8, 4) is 0 Å². The minimum absolute atomic E-state index is 0.0117. The van der Waals surface area contributed by atoms with Gasteiger partial charge >= 0.3 is 0 Å². The van der Waals surface area contributed by atoms with Gasteiger partial charge in [0.1, 0.15) is 5.82 Å². The molecule has 1 atom stereocenters. The topological polar surface area (TPSA) is 54.0 Å². The van der Waals surface area contributed by atoms with Crippen LogP contribution in [-0.4, -0.2) is 17.9 Å². The molecule has 110 valence electrons. The van der Waals surface area contributed by atoms with Crippen LogP contribution in [0.5, 0.6) is 0 Å². The number of amides is 1. The number of benzene rings is 1. The lowest BCUT2D eigenvalue weighted by Gasteiger charge is -2.18. The van der Waals surface area contributed by atoms with Crippen LogP contribution in [0.3, 0.4) is 0 Å². The van der Waals surface area contributed by atoms with Crippen molar-refractivity contribution >= 4 is 27.7 Å². The van der Waals surface area contributed by atoms with Crippen molar-refractivity contribution in [1.29, 1.82) is 0 Å². The quantitative estimate of drug-likeness (QED) is 0.865. The van der Waals surface area contributed by atoms with E-state index in [-0.39, 0.29) is 11.9 Å². The number of nitrogens with zero attached hydrogens (tertiary/aromatic N) is 1. The Kier molecular flexibility index (Phi) is 5.33. The largest absolute Gasteiger partial charge is 0.372 e. The van der Waals surface area contributed by atoms with Crippen molar-refractivity contribution in [3.05, 3.63) is 58.2 Å². The van der Waals surface area contributed by atoms with Crippen molar-refractivity contribution < 1.29 is 4.79 Å². The van der Waals surface area contributed by atoms with Crippen molar-refractivity contribution in [2.45, 2.75) is 19.4 Å². The van der Waals surface area contributed by atoms with Crippen molar-refractivity contribution in [2.75, 3.05) is 12.4 Å². The fraction of sp³-hybridized carbons (Fsp3) is 0.250. The highest BCUT2D eigenvalue weighted by Gasteiger charge is 2.17. The Morgan fingerprint density at radius 3 is 2.67 bits per heavy atom. The lowest BCUT2D eigenvalue weighted by Crippen LogP contribution is -2.29. The van der Waals surface area contributed by atoms with Gasteiger partial charge in [0.15, 0.2) is 0 Å². The Hall–Kier alpha value is -1.88. The molecule has 0 aliphatic carbocycles. The second kappa shape index (κ2) is 7.22. The van der Waals surface area contributed by atoms with Gasteiger partial charge in [-0.1, -0.05) is 37.3 Å². The molecule has 0 saturated carbocycles. The number of pyridine rings is 1. The Morgan fingerprint density at radius 2 is 2.05 bits per heavy atom. The number of aromatic nitrogens is 1. The van der Waals surface area contributed by atoms with Gasteiger partial charge in [-0.25, -0.2) is 4.98 Å². The highest BCUT2D eigenvalue weighted by molar-refractivity contribution is 9.10. The molecule has 1 heterocycles. The van der Waals surface area contributed by atoms with Crippen LogP contribution in [0.15, 0.2) is 47.1 Å². The van der Waals surface area contributed by atoms with Crippen LogP contribution in [0.1, 0.15) is 35.3 Å². The van der Waals surface area contributed by atoms with E-state index in [1.807, 2.05) is 30.3 Å². The van der Waals surface area contributed by atoms with Crippen LogP contribution in [-0.2, 0) is 0 Å². The maximum absolute atomic E-state index is 12.5. The molecule has 1 amide bonds. The van der Waals surface area contributed by atoms with Crippen LogP contribution >= 0.6 is 15.9 Å². The molecule has 1 aromatic carbocycles. The average Bonchev–Trinajstić information content (AvgIpc) is 2.53.